The molecule has 0 saturated carbocycles. The second-order valence-electron chi connectivity index (χ2n) is 10.1. The summed E-state index contributed by atoms with van der Waals surface area (Å²) in [6.45, 7) is 3.19. The zero-order chi connectivity index (χ0) is 28.3. The summed E-state index contributed by atoms with van der Waals surface area (Å²) in [4.78, 5) is 19.7. The SMILES string of the molecule is CCCCCc1ccc(C(=O)NCCn2cc(CCCCCc3[nH]c(N)nc3-c3cc(F)cc(F)c3)nn2)cc1. The molecule has 0 aliphatic heterocycles. The predicted molar refractivity (Wildman–Crippen MR) is 152 cm³/mol. The van der Waals surface area contributed by atoms with E-state index in [-0.39, 0.29) is 11.9 Å². The topological polar surface area (TPSA) is 115 Å². The van der Waals surface area contributed by atoms with Crippen LogP contribution in [0, 0.1) is 11.6 Å². The van der Waals surface area contributed by atoms with Gasteiger partial charge < -0.3 is 16.0 Å². The Hall–Kier alpha value is -4.08. The third kappa shape index (κ3) is 8.46. The standard InChI is InChI=1S/C30H37F2N7O/c1-2-3-5-8-21-11-13-22(14-12-21)29(40)34-15-16-39-20-26(37-38-39)9-6-4-7-10-27-28(36-30(33)35-27)23-17-24(31)19-25(32)18-23/h11-14,17-20H,2-10,15-16H2,1H3,(H,34,40)(H3,33,35,36). The lowest BCUT2D eigenvalue weighted by Crippen LogP contribution is -2.27. The van der Waals surface area contributed by atoms with Gasteiger partial charge in [0.1, 0.15) is 11.6 Å². The first-order valence-electron chi connectivity index (χ1n) is 14.0. The molecule has 0 aliphatic carbocycles. The number of anilines is 1. The Morgan fingerprint density at radius 2 is 1.70 bits per heavy atom. The minimum atomic E-state index is -0.652. The molecule has 2 aromatic heterocycles. The molecule has 4 aromatic rings. The maximum absolute atomic E-state index is 13.7. The Labute approximate surface area is 233 Å². The number of aromatic amines is 1. The highest BCUT2D eigenvalue weighted by Crippen LogP contribution is 2.26. The summed E-state index contributed by atoms with van der Waals surface area (Å²) in [5.41, 5.74) is 10.2. The molecule has 8 nitrogen and oxygen atoms in total. The highest BCUT2D eigenvalue weighted by molar-refractivity contribution is 5.94. The fraction of sp³-hybridized carbons (Fsp3) is 0.400. The Morgan fingerprint density at radius 3 is 2.45 bits per heavy atom. The lowest BCUT2D eigenvalue weighted by atomic mass is 10.0. The largest absolute Gasteiger partial charge is 0.369 e. The summed E-state index contributed by atoms with van der Waals surface area (Å²) < 4.78 is 29.0. The number of amides is 1. The molecule has 1 amide bonds. The molecule has 0 radical (unpaired) electrons. The van der Waals surface area contributed by atoms with E-state index in [0.717, 1.165) is 49.6 Å². The summed E-state index contributed by atoms with van der Waals surface area (Å²) in [5, 5.41) is 11.3. The molecule has 212 valence electrons. The number of aromatic nitrogens is 5. The van der Waals surface area contributed by atoms with Gasteiger partial charge >= 0.3 is 0 Å². The quantitative estimate of drug-likeness (QED) is 0.166. The number of nitrogens with one attached hydrogen (secondary N) is 2. The van der Waals surface area contributed by atoms with E-state index in [0.29, 0.717) is 36.3 Å². The van der Waals surface area contributed by atoms with Crippen molar-refractivity contribution in [3.63, 3.8) is 0 Å². The third-order valence-corrected chi connectivity index (χ3v) is 6.79. The molecule has 2 aromatic carbocycles. The van der Waals surface area contributed by atoms with Gasteiger partial charge in [0, 0.05) is 35.6 Å². The average Bonchev–Trinajstić information content (AvgIpc) is 3.54. The zero-order valence-electron chi connectivity index (χ0n) is 22.9. The van der Waals surface area contributed by atoms with Crippen LogP contribution in [-0.4, -0.2) is 37.4 Å². The number of H-pyrrole nitrogens is 1. The number of imidazole rings is 1. The summed E-state index contributed by atoms with van der Waals surface area (Å²) >= 11 is 0. The van der Waals surface area contributed by atoms with Gasteiger partial charge in [0.2, 0.25) is 0 Å². The lowest BCUT2D eigenvalue weighted by molar-refractivity contribution is 0.0952. The van der Waals surface area contributed by atoms with Crippen LogP contribution in [0.2, 0.25) is 0 Å². The Balaban J connectivity index is 1.15. The van der Waals surface area contributed by atoms with Crippen LogP contribution in [0.25, 0.3) is 11.3 Å². The minimum Gasteiger partial charge on any atom is -0.369 e. The van der Waals surface area contributed by atoms with Gasteiger partial charge in [-0.3, -0.25) is 9.48 Å². The van der Waals surface area contributed by atoms with E-state index in [4.69, 9.17) is 5.73 Å². The lowest BCUT2D eigenvalue weighted by Gasteiger charge is -2.06. The molecule has 0 bridgehead atoms. The molecule has 0 fully saturated rings. The van der Waals surface area contributed by atoms with Crippen molar-refractivity contribution < 1.29 is 13.6 Å². The molecule has 2 heterocycles. The van der Waals surface area contributed by atoms with Crippen molar-refractivity contribution in [1.29, 1.82) is 0 Å². The number of rotatable bonds is 15. The van der Waals surface area contributed by atoms with E-state index in [9.17, 15) is 13.6 Å². The van der Waals surface area contributed by atoms with Crippen LogP contribution in [0.4, 0.5) is 14.7 Å². The van der Waals surface area contributed by atoms with E-state index < -0.39 is 11.6 Å². The summed E-state index contributed by atoms with van der Waals surface area (Å²) in [5.74, 6) is -1.18. The van der Waals surface area contributed by atoms with E-state index in [1.807, 2.05) is 30.5 Å². The second-order valence-corrected chi connectivity index (χ2v) is 10.1. The number of carbonyl (C=O) groups is 1. The maximum Gasteiger partial charge on any atom is 0.251 e. The number of benzene rings is 2. The van der Waals surface area contributed by atoms with Gasteiger partial charge in [-0.05, 0) is 68.4 Å². The highest BCUT2D eigenvalue weighted by atomic mass is 19.1. The summed E-state index contributed by atoms with van der Waals surface area (Å²) in [7, 11) is 0. The van der Waals surface area contributed by atoms with Crippen molar-refractivity contribution in [2.75, 3.05) is 12.3 Å². The number of aryl methyl sites for hydroxylation is 3. The molecule has 0 aliphatic rings. The van der Waals surface area contributed by atoms with E-state index >= 15 is 0 Å². The number of hydrogen-bond donors (Lipinski definition) is 3. The van der Waals surface area contributed by atoms with Crippen molar-refractivity contribution in [2.45, 2.75) is 71.3 Å². The smallest absolute Gasteiger partial charge is 0.251 e. The molecular weight excluding hydrogens is 512 g/mol. The van der Waals surface area contributed by atoms with E-state index in [1.54, 1.807) is 4.68 Å². The normalized spacial score (nSPS) is 11.2. The van der Waals surface area contributed by atoms with Crippen molar-refractivity contribution in [3.05, 3.63) is 82.8 Å². The fourth-order valence-electron chi connectivity index (χ4n) is 4.67. The van der Waals surface area contributed by atoms with Crippen molar-refractivity contribution in [1.82, 2.24) is 30.3 Å². The van der Waals surface area contributed by atoms with Crippen LogP contribution < -0.4 is 11.1 Å². The molecule has 4 rings (SSSR count). The van der Waals surface area contributed by atoms with Gasteiger partial charge in [-0.1, -0.05) is 43.5 Å². The van der Waals surface area contributed by atoms with Crippen LogP contribution in [0.15, 0.2) is 48.7 Å². The molecule has 0 saturated heterocycles. The number of halogens is 2. The van der Waals surface area contributed by atoms with Crippen molar-refractivity contribution >= 4 is 11.9 Å². The monoisotopic (exact) mass is 549 g/mol. The Kier molecular flexibility index (Phi) is 10.4. The number of carbonyl (C=O) groups excluding carboxylic acids is 1. The number of unbranched alkanes of at least 4 members (excludes halogenated alkanes) is 4. The Bertz CT molecular complexity index is 1360. The van der Waals surface area contributed by atoms with Gasteiger partial charge in [-0.15, -0.1) is 5.10 Å². The highest BCUT2D eigenvalue weighted by Gasteiger charge is 2.13. The first-order valence-corrected chi connectivity index (χ1v) is 14.0. The Morgan fingerprint density at radius 1 is 0.975 bits per heavy atom. The third-order valence-electron chi connectivity index (χ3n) is 6.79. The second kappa shape index (κ2) is 14.3. The van der Waals surface area contributed by atoms with Crippen LogP contribution in [0.3, 0.4) is 0 Å². The summed E-state index contributed by atoms with van der Waals surface area (Å²) in [6, 6.07) is 11.2. The van der Waals surface area contributed by atoms with E-state index in [1.165, 1.54) is 37.0 Å². The molecule has 0 atom stereocenters. The number of nitrogens with two attached hydrogens (primary N) is 1. The molecule has 0 unspecified atom stereocenters. The van der Waals surface area contributed by atoms with Crippen LogP contribution in [0.1, 0.15) is 72.8 Å². The molecular formula is C30H37F2N7O. The first-order chi connectivity index (χ1) is 19.4. The van der Waals surface area contributed by atoms with Crippen molar-refractivity contribution in [2.24, 2.45) is 0 Å². The van der Waals surface area contributed by atoms with Gasteiger partial charge in [-0.25, -0.2) is 13.8 Å². The molecule has 4 N–H and O–H groups in total. The van der Waals surface area contributed by atoms with Gasteiger partial charge in [0.25, 0.3) is 5.91 Å². The van der Waals surface area contributed by atoms with E-state index in [2.05, 4.69) is 32.5 Å². The van der Waals surface area contributed by atoms with Crippen LogP contribution in [-0.2, 0) is 25.8 Å². The molecule has 40 heavy (non-hydrogen) atoms. The van der Waals surface area contributed by atoms with Gasteiger partial charge in [0.15, 0.2) is 5.95 Å². The van der Waals surface area contributed by atoms with Crippen molar-refractivity contribution in [3.8, 4) is 11.3 Å². The van der Waals surface area contributed by atoms with Gasteiger partial charge in [0.05, 0.1) is 17.9 Å². The first kappa shape index (κ1) is 28.9. The average molecular weight is 550 g/mol. The number of hydrogen-bond acceptors (Lipinski definition) is 5. The van der Waals surface area contributed by atoms with Crippen LogP contribution in [0.5, 0.6) is 0 Å². The molecule has 10 heteroatoms. The summed E-state index contributed by atoms with van der Waals surface area (Å²) in [6.07, 6.45) is 10.7. The van der Waals surface area contributed by atoms with Crippen LogP contribution >= 0.6 is 0 Å². The number of nitrogen functional groups attached to an aromatic ring is 1. The minimum absolute atomic E-state index is 0.0924. The fourth-order valence-corrected chi connectivity index (χ4v) is 4.67. The number of nitrogens with zero attached hydrogens (tertiary/aromatic N) is 4. The van der Waals surface area contributed by atoms with Gasteiger partial charge in [-0.2, -0.15) is 0 Å². The molecule has 0 spiro atoms. The maximum atomic E-state index is 13.7. The zero-order valence-corrected chi connectivity index (χ0v) is 22.9. The predicted octanol–water partition coefficient (Wildman–Crippen LogP) is 5.65.